The Morgan fingerprint density at radius 1 is 1.21 bits per heavy atom. The van der Waals surface area contributed by atoms with Gasteiger partial charge in [0, 0.05) is 4.47 Å². The standard InChI is InChI=1S/C19H13Br2N3O4/c1-27-14-10-11(15(20)16(21)17(14)28-8-7-22)9-13-18(25)23-24(19(13)26)12-5-3-2-4-6-12/h2-6,9-10H,8H2,1H3,(H,23,25)/b13-9-. The van der Waals surface area contributed by atoms with Crippen LogP contribution in [0, 0.1) is 11.3 Å². The molecule has 0 atom stereocenters. The van der Waals surface area contributed by atoms with Gasteiger partial charge in [-0.1, -0.05) is 18.2 Å². The SMILES string of the molecule is COc1cc(/C=C2/C(=O)NN(c3ccccc3)C2=O)c(Br)c(Br)c1OCC#N. The van der Waals surface area contributed by atoms with Crippen LogP contribution in [-0.4, -0.2) is 25.5 Å². The maximum atomic E-state index is 12.7. The highest BCUT2D eigenvalue weighted by atomic mass is 79.9. The van der Waals surface area contributed by atoms with Gasteiger partial charge in [0.1, 0.15) is 11.6 Å². The second-order valence-electron chi connectivity index (χ2n) is 5.55. The molecule has 2 amide bonds. The second kappa shape index (κ2) is 8.46. The summed E-state index contributed by atoms with van der Waals surface area (Å²) in [7, 11) is 1.45. The van der Waals surface area contributed by atoms with E-state index in [-0.39, 0.29) is 12.2 Å². The van der Waals surface area contributed by atoms with Crippen molar-refractivity contribution in [3.8, 4) is 17.6 Å². The van der Waals surface area contributed by atoms with Crippen LogP contribution in [0.15, 0.2) is 50.9 Å². The lowest BCUT2D eigenvalue weighted by Crippen LogP contribution is -2.35. The largest absolute Gasteiger partial charge is 0.493 e. The monoisotopic (exact) mass is 505 g/mol. The van der Waals surface area contributed by atoms with E-state index in [9.17, 15) is 9.59 Å². The number of hydrazine groups is 1. The molecule has 0 unspecified atom stereocenters. The van der Waals surface area contributed by atoms with Gasteiger partial charge in [0.15, 0.2) is 18.1 Å². The fraction of sp³-hybridized carbons (Fsp3) is 0.105. The molecule has 2 aromatic carbocycles. The van der Waals surface area contributed by atoms with E-state index >= 15 is 0 Å². The molecule has 0 aromatic heterocycles. The van der Waals surface area contributed by atoms with Crippen LogP contribution in [0.4, 0.5) is 5.69 Å². The van der Waals surface area contributed by atoms with E-state index in [1.807, 2.05) is 12.1 Å². The Morgan fingerprint density at radius 3 is 2.57 bits per heavy atom. The maximum absolute atomic E-state index is 12.7. The first-order valence-electron chi connectivity index (χ1n) is 7.95. The predicted molar refractivity (Wildman–Crippen MR) is 110 cm³/mol. The zero-order valence-corrected chi connectivity index (χ0v) is 17.7. The van der Waals surface area contributed by atoms with Crippen LogP contribution in [0.5, 0.6) is 11.5 Å². The summed E-state index contributed by atoms with van der Waals surface area (Å²) >= 11 is 6.82. The maximum Gasteiger partial charge on any atom is 0.282 e. The molecule has 0 spiro atoms. The number of methoxy groups -OCH3 is 1. The molecule has 1 aliphatic heterocycles. The van der Waals surface area contributed by atoms with Gasteiger partial charge in [-0.3, -0.25) is 15.0 Å². The number of rotatable bonds is 5. The Bertz CT molecular complexity index is 1020. The predicted octanol–water partition coefficient (Wildman–Crippen LogP) is 3.58. The summed E-state index contributed by atoms with van der Waals surface area (Å²) in [4.78, 5) is 25.1. The summed E-state index contributed by atoms with van der Waals surface area (Å²) in [5.41, 5.74) is 3.61. The minimum absolute atomic E-state index is 0.0239. The normalized spacial score (nSPS) is 14.8. The van der Waals surface area contributed by atoms with Crippen LogP contribution in [0.3, 0.4) is 0 Å². The highest BCUT2D eigenvalue weighted by Crippen LogP contribution is 2.43. The molecule has 1 N–H and O–H groups in total. The number of carbonyl (C=O) groups excluding carboxylic acids is 2. The first-order chi connectivity index (χ1) is 13.5. The minimum Gasteiger partial charge on any atom is -0.493 e. The number of nitriles is 1. The molecule has 1 saturated heterocycles. The van der Waals surface area contributed by atoms with Crippen LogP contribution in [0.25, 0.3) is 6.08 Å². The summed E-state index contributed by atoms with van der Waals surface area (Å²) < 4.78 is 11.8. The smallest absolute Gasteiger partial charge is 0.282 e. The Balaban J connectivity index is 2.01. The van der Waals surface area contributed by atoms with Crippen LogP contribution in [-0.2, 0) is 9.59 Å². The van der Waals surface area contributed by atoms with E-state index in [4.69, 9.17) is 14.7 Å². The molecule has 0 saturated carbocycles. The van der Waals surface area contributed by atoms with E-state index in [0.29, 0.717) is 31.7 Å². The molecule has 1 heterocycles. The van der Waals surface area contributed by atoms with Crippen LogP contribution in [0.1, 0.15) is 5.56 Å². The number of halogens is 2. The number of benzene rings is 2. The topological polar surface area (TPSA) is 91.7 Å². The Morgan fingerprint density at radius 2 is 1.93 bits per heavy atom. The Kier molecular flexibility index (Phi) is 6.02. The lowest BCUT2D eigenvalue weighted by molar-refractivity contribution is -0.117. The van der Waals surface area contributed by atoms with Crippen molar-refractivity contribution in [2.45, 2.75) is 0 Å². The first-order valence-corrected chi connectivity index (χ1v) is 9.54. The molecule has 2 aromatic rings. The van der Waals surface area contributed by atoms with E-state index in [0.717, 1.165) is 0 Å². The average molecular weight is 507 g/mol. The fourth-order valence-corrected chi connectivity index (χ4v) is 3.52. The summed E-state index contributed by atoms with van der Waals surface area (Å²) in [6, 6.07) is 12.3. The van der Waals surface area contributed by atoms with Crippen LogP contribution >= 0.6 is 31.9 Å². The molecular formula is C19H13Br2N3O4. The van der Waals surface area contributed by atoms with Gasteiger partial charge in [-0.05, 0) is 61.7 Å². The van der Waals surface area contributed by atoms with Crippen molar-refractivity contribution in [1.82, 2.24) is 5.43 Å². The highest BCUT2D eigenvalue weighted by molar-refractivity contribution is 9.13. The van der Waals surface area contributed by atoms with Gasteiger partial charge in [0.2, 0.25) is 0 Å². The third-order valence-electron chi connectivity index (χ3n) is 3.86. The molecule has 142 valence electrons. The fourth-order valence-electron chi connectivity index (χ4n) is 2.57. The zero-order valence-electron chi connectivity index (χ0n) is 14.5. The summed E-state index contributed by atoms with van der Waals surface area (Å²) in [5, 5.41) is 9.93. The van der Waals surface area contributed by atoms with Gasteiger partial charge in [0.25, 0.3) is 11.8 Å². The van der Waals surface area contributed by atoms with Gasteiger partial charge in [-0.2, -0.15) is 5.26 Å². The van der Waals surface area contributed by atoms with Crippen molar-refractivity contribution < 1.29 is 19.1 Å². The van der Waals surface area contributed by atoms with E-state index < -0.39 is 11.8 Å². The number of anilines is 1. The third kappa shape index (κ3) is 3.74. The summed E-state index contributed by atoms with van der Waals surface area (Å²) in [5.74, 6) is -0.294. The number of para-hydroxylation sites is 1. The van der Waals surface area contributed by atoms with Gasteiger partial charge >= 0.3 is 0 Å². The molecule has 0 aliphatic carbocycles. The molecule has 9 heteroatoms. The molecule has 1 fully saturated rings. The number of hydrogen-bond acceptors (Lipinski definition) is 5. The van der Waals surface area contributed by atoms with Crippen LogP contribution in [0.2, 0.25) is 0 Å². The molecule has 7 nitrogen and oxygen atoms in total. The van der Waals surface area contributed by atoms with Crippen molar-refractivity contribution in [1.29, 1.82) is 5.26 Å². The lowest BCUT2D eigenvalue weighted by atomic mass is 10.1. The Hall–Kier alpha value is -2.83. The molecule has 1 aliphatic rings. The number of nitrogens with zero attached hydrogens (tertiary/aromatic N) is 2. The summed E-state index contributed by atoms with van der Waals surface area (Å²) in [6.45, 7) is -0.158. The van der Waals surface area contributed by atoms with Gasteiger partial charge < -0.3 is 9.47 Å². The van der Waals surface area contributed by atoms with E-state index in [2.05, 4.69) is 37.3 Å². The molecule has 3 rings (SSSR count). The average Bonchev–Trinajstić information content (AvgIpc) is 2.99. The van der Waals surface area contributed by atoms with E-state index in [1.54, 1.807) is 30.3 Å². The third-order valence-corrected chi connectivity index (χ3v) is 6.01. The first kappa shape index (κ1) is 19.9. The van der Waals surface area contributed by atoms with Gasteiger partial charge in [-0.25, -0.2) is 5.01 Å². The number of carbonyl (C=O) groups is 2. The van der Waals surface area contributed by atoms with Gasteiger partial charge in [-0.15, -0.1) is 0 Å². The van der Waals surface area contributed by atoms with Crippen molar-refractivity contribution in [2.24, 2.45) is 0 Å². The molecule has 0 bridgehead atoms. The second-order valence-corrected chi connectivity index (χ2v) is 7.13. The number of hydrogen-bond donors (Lipinski definition) is 1. The van der Waals surface area contributed by atoms with Crippen molar-refractivity contribution in [2.75, 3.05) is 18.7 Å². The zero-order chi connectivity index (χ0) is 20.3. The summed E-state index contributed by atoms with van der Waals surface area (Å²) in [6.07, 6.45) is 1.46. The van der Waals surface area contributed by atoms with Crippen LogP contribution < -0.4 is 19.9 Å². The van der Waals surface area contributed by atoms with Crippen molar-refractivity contribution >= 4 is 55.4 Å². The number of nitrogens with one attached hydrogen (secondary N) is 1. The van der Waals surface area contributed by atoms with Gasteiger partial charge in [0.05, 0.1) is 17.3 Å². The quantitative estimate of drug-likeness (QED) is 0.494. The molecule has 28 heavy (non-hydrogen) atoms. The molecular weight excluding hydrogens is 494 g/mol. The Labute approximate surface area is 177 Å². The van der Waals surface area contributed by atoms with E-state index in [1.165, 1.54) is 18.2 Å². The molecule has 0 radical (unpaired) electrons. The van der Waals surface area contributed by atoms with Crippen molar-refractivity contribution in [3.63, 3.8) is 0 Å². The number of ether oxygens (including phenoxy) is 2. The number of amides is 2. The minimum atomic E-state index is -0.513. The van der Waals surface area contributed by atoms with Crippen molar-refractivity contribution in [3.05, 3.63) is 56.5 Å². The lowest BCUT2D eigenvalue weighted by Gasteiger charge is -2.14. The highest BCUT2D eigenvalue weighted by Gasteiger charge is 2.34.